The molecule has 330 valence electrons. The molecule has 9 rings (SSSR count). The SMILES string of the molecule is [2H]C1([2H])C[C@H]2N=C(c3cc(Oc4cc5c(cc4C)C(C)(C)c4cc(C)ccc4N5c4cc(C(C)(C)C)ccn4)cc(-c4c(C)cc(C)cc4C)c3)O[C@@]2(C)c2cc(C)c(C(C)(C)C)c(C)c21. The van der Waals surface area contributed by atoms with Gasteiger partial charge in [-0.3, -0.25) is 4.90 Å². The Kier molecular flexibility index (Phi) is 9.58. The smallest absolute Gasteiger partial charge is 0.217 e. The second-order valence-electron chi connectivity index (χ2n) is 21.8. The fraction of sp³-hybridized carbons (Fsp3) is 0.390. The van der Waals surface area contributed by atoms with E-state index in [1.165, 1.54) is 44.5 Å². The van der Waals surface area contributed by atoms with Crippen LogP contribution in [-0.4, -0.2) is 16.9 Å². The molecule has 64 heavy (non-hydrogen) atoms. The second kappa shape index (κ2) is 14.9. The molecule has 3 heterocycles. The Morgan fingerprint density at radius 3 is 2.05 bits per heavy atom. The largest absolute Gasteiger partial charge is 0.464 e. The van der Waals surface area contributed by atoms with E-state index in [0.29, 0.717) is 11.6 Å². The number of hydrogen-bond acceptors (Lipinski definition) is 5. The molecule has 6 aromatic rings. The van der Waals surface area contributed by atoms with Gasteiger partial charge in [0, 0.05) is 31.5 Å². The summed E-state index contributed by atoms with van der Waals surface area (Å²) in [6.07, 6.45) is 0.574. The molecular weight excluding hydrogens is 783 g/mol. The Morgan fingerprint density at radius 2 is 1.36 bits per heavy atom. The molecule has 0 saturated carbocycles. The van der Waals surface area contributed by atoms with Crippen molar-refractivity contribution in [3.05, 3.63) is 163 Å². The molecule has 1 aromatic heterocycles. The van der Waals surface area contributed by atoms with E-state index in [-0.39, 0.29) is 22.7 Å². The molecule has 1 aliphatic carbocycles. The highest BCUT2D eigenvalue weighted by Gasteiger charge is 2.49. The van der Waals surface area contributed by atoms with Crippen LogP contribution in [0.5, 0.6) is 11.5 Å². The maximum absolute atomic E-state index is 9.48. The molecule has 0 unspecified atom stereocenters. The van der Waals surface area contributed by atoms with Gasteiger partial charge in [-0.2, -0.15) is 0 Å². The average molecular weight is 852 g/mol. The summed E-state index contributed by atoms with van der Waals surface area (Å²) in [5, 5.41) is 0. The maximum Gasteiger partial charge on any atom is 0.217 e. The average Bonchev–Trinajstić information content (AvgIpc) is 3.54. The number of hydrogen-bond donors (Lipinski definition) is 0. The number of fused-ring (bicyclic) bond motifs is 5. The molecule has 5 nitrogen and oxygen atoms in total. The number of pyridine rings is 1. The predicted octanol–water partition coefficient (Wildman–Crippen LogP) is 15.4. The van der Waals surface area contributed by atoms with Crippen LogP contribution in [0.3, 0.4) is 0 Å². The minimum Gasteiger partial charge on any atom is -0.464 e. The third-order valence-corrected chi connectivity index (χ3v) is 14.2. The van der Waals surface area contributed by atoms with Crippen LogP contribution in [0.1, 0.15) is 149 Å². The first kappa shape index (κ1) is 41.1. The van der Waals surface area contributed by atoms with E-state index in [0.717, 1.165) is 67.4 Å². The van der Waals surface area contributed by atoms with Crippen LogP contribution >= 0.6 is 0 Å². The third-order valence-electron chi connectivity index (χ3n) is 14.2. The van der Waals surface area contributed by atoms with Crippen LogP contribution in [0.15, 0.2) is 90.1 Å². The molecule has 2 atom stereocenters. The number of aromatic nitrogens is 1. The van der Waals surface area contributed by atoms with Crippen molar-refractivity contribution in [2.24, 2.45) is 4.99 Å². The first-order valence-corrected chi connectivity index (χ1v) is 23.1. The molecule has 0 bridgehead atoms. The van der Waals surface area contributed by atoms with Crippen molar-refractivity contribution in [3.8, 4) is 22.6 Å². The molecule has 0 N–H and O–H groups in total. The lowest BCUT2D eigenvalue weighted by atomic mass is 9.70. The molecule has 0 saturated heterocycles. The lowest BCUT2D eigenvalue weighted by Crippen LogP contribution is -2.40. The van der Waals surface area contributed by atoms with Crippen LogP contribution in [-0.2, 0) is 33.0 Å². The number of aliphatic imine (C=N–C) groups is 1. The fourth-order valence-corrected chi connectivity index (χ4v) is 11.2. The van der Waals surface area contributed by atoms with E-state index in [1.807, 2.05) is 12.3 Å². The zero-order valence-electron chi connectivity index (χ0n) is 43.0. The Hall–Kier alpha value is -5.68. The van der Waals surface area contributed by atoms with Gasteiger partial charge in [-0.25, -0.2) is 9.98 Å². The molecule has 0 radical (unpaired) electrons. The molecular formula is C59H67N3O2. The van der Waals surface area contributed by atoms with Crippen LogP contribution in [0, 0.1) is 48.5 Å². The summed E-state index contributed by atoms with van der Waals surface area (Å²) in [5.41, 5.74) is 18.2. The lowest BCUT2D eigenvalue weighted by Gasteiger charge is -2.42. The minimum absolute atomic E-state index is 0.0603. The van der Waals surface area contributed by atoms with Crippen molar-refractivity contribution < 1.29 is 12.2 Å². The zero-order chi connectivity index (χ0) is 47.8. The van der Waals surface area contributed by atoms with E-state index in [1.54, 1.807) is 0 Å². The summed E-state index contributed by atoms with van der Waals surface area (Å²) in [6.45, 7) is 35.1. The zero-order valence-corrected chi connectivity index (χ0v) is 41.0. The van der Waals surface area contributed by atoms with E-state index in [2.05, 4.69) is 188 Å². The molecule has 0 amide bonds. The number of aryl methyl sites for hydroxylation is 6. The Morgan fingerprint density at radius 1 is 0.688 bits per heavy atom. The predicted molar refractivity (Wildman–Crippen MR) is 267 cm³/mol. The van der Waals surface area contributed by atoms with Crippen molar-refractivity contribution in [2.45, 2.75) is 151 Å². The normalized spacial score (nSPS) is 20.0. The first-order valence-electron chi connectivity index (χ1n) is 24.1. The highest BCUT2D eigenvalue weighted by Crippen LogP contribution is 2.54. The van der Waals surface area contributed by atoms with Gasteiger partial charge in [0.15, 0.2) is 5.60 Å². The summed E-state index contributed by atoms with van der Waals surface area (Å²) < 4.78 is 33.3. The van der Waals surface area contributed by atoms with Gasteiger partial charge in [0.05, 0.1) is 17.4 Å². The van der Waals surface area contributed by atoms with E-state index in [9.17, 15) is 2.74 Å². The van der Waals surface area contributed by atoms with Gasteiger partial charge < -0.3 is 9.47 Å². The summed E-state index contributed by atoms with van der Waals surface area (Å²) in [7, 11) is 0. The Labute approximate surface area is 385 Å². The van der Waals surface area contributed by atoms with Gasteiger partial charge in [-0.1, -0.05) is 96.8 Å². The van der Waals surface area contributed by atoms with Crippen LogP contribution in [0.4, 0.5) is 17.2 Å². The van der Waals surface area contributed by atoms with E-state index >= 15 is 0 Å². The van der Waals surface area contributed by atoms with Gasteiger partial charge >= 0.3 is 0 Å². The van der Waals surface area contributed by atoms with Crippen molar-refractivity contribution in [3.63, 3.8) is 0 Å². The third kappa shape index (κ3) is 7.14. The number of rotatable bonds is 5. The molecule has 3 aliphatic rings. The topological polar surface area (TPSA) is 47.0 Å². The van der Waals surface area contributed by atoms with Gasteiger partial charge in [0.2, 0.25) is 5.90 Å². The van der Waals surface area contributed by atoms with Gasteiger partial charge in [-0.05, 0) is 188 Å². The monoisotopic (exact) mass is 852 g/mol. The molecule has 0 spiro atoms. The second-order valence-corrected chi connectivity index (χ2v) is 21.8. The minimum atomic E-state index is -1.58. The maximum atomic E-state index is 9.48. The van der Waals surface area contributed by atoms with Gasteiger partial charge in [-0.15, -0.1) is 0 Å². The molecule has 0 fully saturated rings. The van der Waals surface area contributed by atoms with Crippen LogP contribution < -0.4 is 9.64 Å². The Balaban J connectivity index is 1.20. The highest BCUT2D eigenvalue weighted by molar-refractivity contribution is 5.98. The number of anilines is 3. The summed E-state index contributed by atoms with van der Waals surface area (Å²) in [6, 6.07) is 28.2. The highest BCUT2D eigenvalue weighted by atomic mass is 16.5. The van der Waals surface area contributed by atoms with E-state index in [4.69, 9.17) is 19.5 Å². The van der Waals surface area contributed by atoms with Gasteiger partial charge in [0.1, 0.15) is 17.3 Å². The van der Waals surface area contributed by atoms with Gasteiger partial charge in [0.25, 0.3) is 0 Å². The van der Waals surface area contributed by atoms with Crippen molar-refractivity contribution in [2.75, 3.05) is 4.90 Å². The van der Waals surface area contributed by atoms with Crippen molar-refractivity contribution >= 4 is 23.1 Å². The standard InChI is InChI=1S/C59H67N3O2/c1-33-17-19-48-46(25-33)58(14,15)47-26-35(3)50(32-49(47)62(48)52-31-42(21-22-60-52)56(8,9)10)63-43-29-40(53-36(4)23-34(2)24-37(53)5)28-41(30-43)55-61-51-20-18-44-39(7)54(57(11,12)13)38(6)27-45(44)59(51,16)64-55/h17,19,21-32,51H,18,20H2,1-16H3/t51-,59+/m1/s1/i18D2. The quantitative estimate of drug-likeness (QED) is 0.173. The number of benzene rings is 5. The van der Waals surface area contributed by atoms with Crippen LogP contribution in [0.2, 0.25) is 0 Å². The van der Waals surface area contributed by atoms with E-state index < -0.39 is 18.0 Å². The van der Waals surface area contributed by atoms with Crippen LogP contribution in [0.25, 0.3) is 11.1 Å². The lowest BCUT2D eigenvalue weighted by molar-refractivity contribution is 0.0633. The summed E-state index contributed by atoms with van der Waals surface area (Å²) in [4.78, 5) is 12.6. The summed E-state index contributed by atoms with van der Waals surface area (Å²) in [5.74, 6) is 2.78. The number of nitrogens with zero attached hydrogens (tertiary/aromatic N) is 3. The fourth-order valence-electron chi connectivity index (χ4n) is 11.2. The summed E-state index contributed by atoms with van der Waals surface area (Å²) >= 11 is 0. The first-order chi connectivity index (χ1) is 30.7. The van der Waals surface area contributed by atoms with Crippen molar-refractivity contribution in [1.82, 2.24) is 4.98 Å². The number of ether oxygens (including phenoxy) is 2. The molecule has 5 heteroatoms. The Bertz CT molecular complexity index is 3010. The van der Waals surface area contributed by atoms with Crippen molar-refractivity contribution in [1.29, 1.82) is 0 Å². The molecule has 5 aromatic carbocycles. The molecule has 2 aliphatic heterocycles.